The number of rotatable bonds is 7. The van der Waals surface area contributed by atoms with Gasteiger partial charge in [0.05, 0.1) is 5.75 Å². The summed E-state index contributed by atoms with van der Waals surface area (Å²) in [5.74, 6) is 2.14. The molecule has 6 nitrogen and oxygen atoms in total. The van der Waals surface area contributed by atoms with Crippen molar-refractivity contribution in [2.24, 2.45) is 0 Å². The van der Waals surface area contributed by atoms with Crippen molar-refractivity contribution < 1.29 is 8.42 Å². The second-order valence-corrected chi connectivity index (χ2v) is 6.43. The first-order chi connectivity index (χ1) is 8.40. The highest BCUT2D eigenvalue weighted by atomic mass is 32.2. The first-order valence-corrected chi connectivity index (χ1v) is 7.98. The minimum absolute atomic E-state index is 0.0910. The van der Waals surface area contributed by atoms with Gasteiger partial charge in [-0.25, -0.2) is 18.4 Å². The average molecular weight is 272 g/mol. The summed E-state index contributed by atoms with van der Waals surface area (Å²) in [5.41, 5.74) is 0. The van der Waals surface area contributed by atoms with Gasteiger partial charge in [-0.15, -0.1) is 0 Å². The molecule has 0 radical (unpaired) electrons. The predicted octanol–water partition coefficient (Wildman–Crippen LogP) is 1.06. The first kappa shape index (κ1) is 14.7. The summed E-state index contributed by atoms with van der Waals surface area (Å²) < 4.78 is 22.0. The monoisotopic (exact) mass is 272 g/mol. The van der Waals surface area contributed by atoms with Gasteiger partial charge in [-0.2, -0.15) is 0 Å². The van der Waals surface area contributed by atoms with E-state index >= 15 is 0 Å². The van der Waals surface area contributed by atoms with Crippen LogP contribution in [0, 0.1) is 6.92 Å². The summed E-state index contributed by atoms with van der Waals surface area (Å²) in [7, 11) is -2.95. The zero-order chi connectivity index (χ0) is 13.6. The third kappa shape index (κ3) is 5.81. The van der Waals surface area contributed by atoms with Crippen LogP contribution >= 0.6 is 0 Å². The van der Waals surface area contributed by atoms with Gasteiger partial charge in [-0.1, -0.05) is 6.92 Å². The molecule has 0 saturated carbocycles. The molecule has 0 atom stereocenters. The SMILES string of the molecule is CCCNc1cc(NCCS(C)(=O)=O)nc(C)n1. The quantitative estimate of drug-likeness (QED) is 0.772. The van der Waals surface area contributed by atoms with Crippen molar-refractivity contribution in [2.75, 3.05) is 35.7 Å². The molecular formula is C11H20N4O2S. The third-order valence-electron chi connectivity index (χ3n) is 2.17. The molecule has 7 heteroatoms. The van der Waals surface area contributed by atoms with Gasteiger partial charge in [0.1, 0.15) is 27.3 Å². The maximum absolute atomic E-state index is 11.0. The van der Waals surface area contributed by atoms with Gasteiger partial charge in [0.25, 0.3) is 0 Å². The lowest BCUT2D eigenvalue weighted by Gasteiger charge is -2.09. The standard InChI is InChI=1S/C11H20N4O2S/c1-4-5-12-10-8-11(15-9(2)14-10)13-6-7-18(3,16)17/h8H,4-7H2,1-3H3,(H2,12,13,14,15). The van der Waals surface area contributed by atoms with Crippen molar-refractivity contribution in [1.82, 2.24) is 9.97 Å². The Kier molecular flexibility index (Phi) is 5.33. The van der Waals surface area contributed by atoms with Crippen LogP contribution in [0.25, 0.3) is 0 Å². The van der Waals surface area contributed by atoms with E-state index in [0.29, 0.717) is 18.2 Å². The molecule has 0 amide bonds. The summed E-state index contributed by atoms with van der Waals surface area (Å²) in [5, 5.41) is 6.16. The normalized spacial score (nSPS) is 11.3. The zero-order valence-electron chi connectivity index (χ0n) is 11.0. The summed E-state index contributed by atoms with van der Waals surface area (Å²) >= 11 is 0. The van der Waals surface area contributed by atoms with E-state index in [1.165, 1.54) is 6.26 Å². The molecule has 0 spiro atoms. The number of nitrogens with one attached hydrogen (secondary N) is 2. The average Bonchev–Trinajstić information content (AvgIpc) is 2.24. The lowest BCUT2D eigenvalue weighted by molar-refractivity contribution is 0.602. The molecular weight excluding hydrogens is 252 g/mol. The lowest BCUT2D eigenvalue weighted by Crippen LogP contribution is -2.15. The minimum atomic E-state index is -2.95. The summed E-state index contributed by atoms with van der Waals surface area (Å²) in [6.45, 7) is 5.08. The molecule has 0 aliphatic heterocycles. The highest BCUT2D eigenvalue weighted by molar-refractivity contribution is 7.90. The van der Waals surface area contributed by atoms with Crippen molar-refractivity contribution in [3.63, 3.8) is 0 Å². The zero-order valence-corrected chi connectivity index (χ0v) is 11.8. The Morgan fingerprint density at radius 3 is 2.22 bits per heavy atom. The third-order valence-corrected chi connectivity index (χ3v) is 3.12. The molecule has 0 bridgehead atoms. The van der Waals surface area contributed by atoms with E-state index in [2.05, 4.69) is 27.5 Å². The molecule has 1 aromatic rings. The van der Waals surface area contributed by atoms with Crippen LogP contribution in [0.1, 0.15) is 19.2 Å². The Labute approximate surface area is 108 Å². The fourth-order valence-electron chi connectivity index (χ4n) is 1.37. The van der Waals surface area contributed by atoms with Crippen molar-refractivity contribution in [2.45, 2.75) is 20.3 Å². The van der Waals surface area contributed by atoms with Crippen LogP contribution in [0.3, 0.4) is 0 Å². The predicted molar refractivity (Wildman–Crippen MR) is 73.8 cm³/mol. The molecule has 0 fully saturated rings. The number of nitrogens with zero attached hydrogens (tertiary/aromatic N) is 2. The fraction of sp³-hybridized carbons (Fsp3) is 0.636. The molecule has 102 valence electrons. The molecule has 0 aliphatic carbocycles. The summed E-state index contributed by atoms with van der Waals surface area (Å²) in [4.78, 5) is 8.45. The largest absolute Gasteiger partial charge is 0.370 e. The van der Waals surface area contributed by atoms with Crippen molar-refractivity contribution in [3.05, 3.63) is 11.9 Å². The van der Waals surface area contributed by atoms with Gasteiger partial charge in [-0.3, -0.25) is 0 Å². The second kappa shape index (κ2) is 6.53. The van der Waals surface area contributed by atoms with Gasteiger partial charge < -0.3 is 10.6 Å². The van der Waals surface area contributed by atoms with Crippen LogP contribution in [0.15, 0.2) is 6.07 Å². The maximum atomic E-state index is 11.0. The number of sulfone groups is 1. The fourth-order valence-corrected chi connectivity index (χ4v) is 1.84. The number of anilines is 2. The highest BCUT2D eigenvalue weighted by Gasteiger charge is 2.04. The molecule has 0 aromatic carbocycles. The van der Waals surface area contributed by atoms with E-state index in [-0.39, 0.29) is 5.75 Å². The van der Waals surface area contributed by atoms with Gasteiger partial charge in [0.2, 0.25) is 0 Å². The number of aromatic nitrogens is 2. The Morgan fingerprint density at radius 1 is 1.17 bits per heavy atom. The van der Waals surface area contributed by atoms with Crippen LogP contribution in [-0.2, 0) is 9.84 Å². The van der Waals surface area contributed by atoms with Crippen molar-refractivity contribution >= 4 is 21.5 Å². The molecule has 2 N–H and O–H groups in total. The van der Waals surface area contributed by atoms with E-state index in [0.717, 1.165) is 18.8 Å². The maximum Gasteiger partial charge on any atom is 0.149 e. The number of aryl methyl sites for hydroxylation is 1. The van der Waals surface area contributed by atoms with Crippen LogP contribution < -0.4 is 10.6 Å². The highest BCUT2D eigenvalue weighted by Crippen LogP contribution is 2.10. The van der Waals surface area contributed by atoms with Crippen LogP contribution in [0.2, 0.25) is 0 Å². The Morgan fingerprint density at radius 2 is 1.72 bits per heavy atom. The number of hydrogen-bond donors (Lipinski definition) is 2. The van der Waals surface area contributed by atoms with E-state index < -0.39 is 9.84 Å². The molecule has 0 unspecified atom stereocenters. The van der Waals surface area contributed by atoms with Gasteiger partial charge in [-0.05, 0) is 13.3 Å². The Bertz CT molecular complexity index is 488. The smallest absolute Gasteiger partial charge is 0.149 e. The summed E-state index contributed by atoms with van der Waals surface area (Å²) in [6.07, 6.45) is 2.23. The second-order valence-electron chi connectivity index (χ2n) is 4.17. The van der Waals surface area contributed by atoms with Gasteiger partial charge in [0, 0.05) is 25.4 Å². The van der Waals surface area contributed by atoms with E-state index in [1.54, 1.807) is 13.0 Å². The van der Waals surface area contributed by atoms with Crippen LogP contribution in [0.4, 0.5) is 11.6 Å². The van der Waals surface area contributed by atoms with Crippen LogP contribution in [0.5, 0.6) is 0 Å². The van der Waals surface area contributed by atoms with Crippen molar-refractivity contribution in [1.29, 1.82) is 0 Å². The molecule has 0 saturated heterocycles. The minimum Gasteiger partial charge on any atom is -0.370 e. The van der Waals surface area contributed by atoms with E-state index in [9.17, 15) is 8.42 Å². The molecule has 1 heterocycles. The topological polar surface area (TPSA) is 84.0 Å². The molecule has 0 aliphatic rings. The van der Waals surface area contributed by atoms with Gasteiger partial charge >= 0.3 is 0 Å². The molecule has 1 rings (SSSR count). The Hall–Kier alpha value is -1.37. The van der Waals surface area contributed by atoms with Crippen LogP contribution in [-0.4, -0.2) is 43.5 Å². The van der Waals surface area contributed by atoms with Gasteiger partial charge in [0.15, 0.2) is 0 Å². The first-order valence-electron chi connectivity index (χ1n) is 5.92. The lowest BCUT2D eigenvalue weighted by atomic mass is 10.4. The summed E-state index contributed by atoms with van der Waals surface area (Å²) in [6, 6.07) is 1.78. The van der Waals surface area contributed by atoms with Crippen molar-refractivity contribution in [3.8, 4) is 0 Å². The van der Waals surface area contributed by atoms with E-state index in [1.807, 2.05) is 0 Å². The number of hydrogen-bond acceptors (Lipinski definition) is 6. The van der Waals surface area contributed by atoms with E-state index in [4.69, 9.17) is 0 Å². The Balaban J connectivity index is 2.62. The molecule has 18 heavy (non-hydrogen) atoms. The molecule has 1 aromatic heterocycles.